The minimum atomic E-state index is 0.687. The molecule has 0 aliphatic carbocycles. The summed E-state index contributed by atoms with van der Waals surface area (Å²) in [6.45, 7) is 8.98. The van der Waals surface area contributed by atoms with Crippen molar-refractivity contribution in [2.45, 2.75) is 44.6 Å². The standard InChI is InChI=1S/C15H25NS/c1-4-5-9-16-11-14(3)17-12-15-8-6-7-13(2)10-15/h6-8,10,14,16H,4-5,9,11-12H2,1-3H3. The maximum absolute atomic E-state index is 3.51. The van der Waals surface area contributed by atoms with Gasteiger partial charge in [0, 0.05) is 17.5 Å². The second kappa shape index (κ2) is 8.60. The summed E-state index contributed by atoms with van der Waals surface area (Å²) in [5.74, 6) is 1.12. The molecule has 1 unspecified atom stereocenters. The number of rotatable bonds is 8. The van der Waals surface area contributed by atoms with Crippen LogP contribution in [-0.2, 0) is 5.75 Å². The van der Waals surface area contributed by atoms with Crippen LogP contribution in [0.5, 0.6) is 0 Å². The number of unbranched alkanes of at least 4 members (excludes halogenated alkanes) is 1. The Morgan fingerprint density at radius 2 is 2.18 bits per heavy atom. The summed E-state index contributed by atoms with van der Waals surface area (Å²) < 4.78 is 0. The predicted octanol–water partition coefficient (Wildman–Crippen LogP) is 4.01. The molecule has 0 spiro atoms. The van der Waals surface area contributed by atoms with E-state index in [9.17, 15) is 0 Å². The van der Waals surface area contributed by atoms with E-state index >= 15 is 0 Å². The van der Waals surface area contributed by atoms with Crippen molar-refractivity contribution in [2.24, 2.45) is 0 Å². The van der Waals surface area contributed by atoms with Crippen molar-refractivity contribution in [3.63, 3.8) is 0 Å². The van der Waals surface area contributed by atoms with Crippen molar-refractivity contribution in [3.05, 3.63) is 35.4 Å². The molecule has 0 saturated heterocycles. The minimum absolute atomic E-state index is 0.687. The van der Waals surface area contributed by atoms with Crippen LogP contribution in [0, 0.1) is 6.92 Å². The Balaban J connectivity index is 2.17. The first-order chi connectivity index (χ1) is 8.22. The Kier molecular flexibility index (Phi) is 7.38. The minimum Gasteiger partial charge on any atom is -0.316 e. The molecule has 1 rings (SSSR count). The topological polar surface area (TPSA) is 12.0 Å². The molecule has 1 aromatic carbocycles. The van der Waals surface area contributed by atoms with Gasteiger partial charge in [0.1, 0.15) is 0 Å². The molecule has 0 aliphatic rings. The second-order valence-corrected chi connectivity index (χ2v) is 6.10. The van der Waals surface area contributed by atoms with E-state index in [2.05, 4.69) is 50.4 Å². The van der Waals surface area contributed by atoms with Crippen molar-refractivity contribution in [2.75, 3.05) is 13.1 Å². The van der Waals surface area contributed by atoms with Gasteiger partial charge in [-0.2, -0.15) is 11.8 Å². The van der Waals surface area contributed by atoms with Gasteiger partial charge in [0.25, 0.3) is 0 Å². The maximum Gasteiger partial charge on any atom is 0.0187 e. The highest BCUT2D eigenvalue weighted by Crippen LogP contribution is 2.17. The van der Waals surface area contributed by atoms with Crippen molar-refractivity contribution >= 4 is 11.8 Å². The zero-order valence-corrected chi connectivity index (χ0v) is 12.1. The van der Waals surface area contributed by atoms with Gasteiger partial charge in [0.05, 0.1) is 0 Å². The van der Waals surface area contributed by atoms with Gasteiger partial charge >= 0.3 is 0 Å². The largest absolute Gasteiger partial charge is 0.316 e. The summed E-state index contributed by atoms with van der Waals surface area (Å²) in [7, 11) is 0. The van der Waals surface area contributed by atoms with Crippen LogP contribution in [0.25, 0.3) is 0 Å². The van der Waals surface area contributed by atoms with Gasteiger partial charge < -0.3 is 5.32 Å². The third-order valence-electron chi connectivity index (χ3n) is 2.76. The highest BCUT2D eigenvalue weighted by atomic mass is 32.2. The average Bonchev–Trinajstić information content (AvgIpc) is 2.32. The number of nitrogens with one attached hydrogen (secondary N) is 1. The lowest BCUT2D eigenvalue weighted by Crippen LogP contribution is -2.23. The summed E-state index contributed by atoms with van der Waals surface area (Å²) in [5, 5.41) is 4.20. The third-order valence-corrected chi connectivity index (χ3v) is 3.99. The van der Waals surface area contributed by atoms with Crippen molar-refractivity contribution < 1.29 is 0 Å². The van der Waals surface area contributed by atoms with Crippen LogP contribution in [0.4, 0.5) is 0 Å². The van der Waals surface area contributed by atoms with Crippen LogP contribution >= 0.6 is 11.8 Å². The predicted molar refractivity (Wildman–Crippen MR) is 79.7 cm³/mol. The smallest absolute Gasteiger partial charge is 0.0187 e. The summed E-state index contributed by atoms with van der Waals surface area (Å²) in [5.41, 5.74) is 2.80. The number of thioether (sulfide) groups is 1. The molecule has 1 N–H and O–H groups in total. The van der Waals surface area contributed by atoms with E-state index in [1.807, 2.05) is 11.8 Å². The Hall–Kier alpha value is -0.470. The maximum atomic E-state index is 3.51. The van der Waals surface area contributed by atoms with E-state index in [0.717, 1.165) is 18.8 Å². The highest BCUT2D eigenvalue weighted by molar-refractivity contribution is 7.99. The number of aryl methyl sites for hydroxylation is 1. The summed E-state index contributed by atoms with van der Waals surface area (Å²) in [6, 6.07) is 8.81. The fraction of sp³-hybridized carbons (Fsp3) is 0.600. The van der Waals surface area contributed by atoms with Crippen molar-refractivity contribution in [1.29, 1.82) is 0 Å². The molecule has 0 bridgehead atoms. The lowest BCUT2D eigenvalue weighted by molar-refractivity contribution is 0.638. The van der Waals surface area contributed by atoms with Crippen LogP contribution in [0.3, 0.4) is 0 Å². The van der Waals surface area contributed by atoms with Crippen molar-refractivity contribution in [3.8, 4) is 0 Å². The first-order valence-electron chi connectivity index (χ1n) is 6.60. The molecule has 0 heterocycles. The molecule has 17 heavy (non-hydrogen) atoms. The van der Waals surface area contributed by atoms with Crippen LogP contribution in [-0.4, -0.2) is 18.3 Å². The van der Waals surface area contributed by atoms with Gasteiger partial charge in [-0.3, -0.25) is 0 Å². The number of hydrogen-bond acceptors (Lipinski definition) is 2. The fourth-order valence-electron chi connectivity index (χ4n) is 1.71. The fourth-order valence-corrected chi connectivity index (χ4v) is 2.60. The Labute approximate surface area is 110 Å². The summed E-state index contributed by atoms with van der Waals surface area (Å²) in [4.78, 5) is 0. The highest BCUT2D eigenvalue weighted by Gasteiger charge is 2.02. The van der Waals surface area contributed by atoms with E-state index in [1.54, 1.807) is 0 Å². The van der Waals surface area contributed by atoms with Gasteiger partial charge in [0.15, 0.2) is 0 Å². The molecular formula is C15H25NS. The molecule has 2 heteroatoms. The number of hydrogen-bond donors (Lipinski definition) is 1. The van der Waals surface area contributed by atoms with Gasteiger partial charge in [0.2, 0.25) is 0 Å². The first kappa shape index (κ1) is 14.6. The van der Waals surface area contributed by atoms with E-state index in [1.165, 1.54) is 24.0 Å². The Bertz CT molecular complexity index is 312. The van der Waals surface area contributed by atoms with Gasteiger partial charge in [-0.15, -0.1) is 0 Å². The monoisotopic (exact) mass is 251 g/mol. The van der Waals surface area contributed by atoms with Gasteiger partial charge in [-0.1, -0.05) is 50.1 Å². The average molecular weight is 251 g/mol. The van der Waals surface area contributed by atoms with E-state index in [0.29, 0.717) is 5.25 Å². The van der Waals surface area contributed by atoms with E-state index in [4.69, 9.17) is 0 Å². The normalized spacial score (nSPS) is 12.6. The molecule has 1 nitrogen and oxygen atoms in total. The molecule has 0 radical (unpaired) electrons. The summed E-state index contributed by atoms with van der Waals surface area (Å²) >= 11 is 2.03. The van der Waals surface area contributed by atoms with Crippen LogP contribution < -0.4 is 5.32 Å². The van der Waals surface area contributed by atoms with Crippen molar-refractivity contribution in [1.82, 2.24) is 5.32 Å². The zero-order valence-electron chi connectivity index (χ0n) is 11.3. The SMILES string of the molecule is CCCCNCC(C)SCc1cccc(C)c1. The third kappa shape index (κ3) is 6.75. The quantitative estimate of drug-likeness (QED) is 0.701. The summed E-state index contributed by atoms with van der Waals surface area (Å²) in [6.07, 6.45) is 2.56. The molecule has 0 saturated carbocycles. The Morgan fingerprint density at radius 1 is 1.35 bits per heavy atom. The van der Waals surface area contributed by atoms with Crippen LogP contribution in [0.15, 0.2) is 24.3 Å². The molecule has 0 aromatic heterocycles. The molecule has 1 atom stereocenters. The van der Waals surface area contributed by atoms with Crippen LogP contribution in [0.2, 0.25) is 0 Å². The van der Waals surface area contributed by atoms with Crippen LogP contribution in [0.1, 0.15) is 37.8 Å². The first-order valence-corrected chi connectivity index (χ1v) is 7.65. The zero-order chi connectivity index (χ0) is 12.5. The number of benzene rings is 1. The molecule has 0 fully saturated rings. The van der Waals surface area contributed by atoms with E-state index < -0.39 is 0 Å². The second-order valence-electron chi connectivity index (χ2n) is 4.67. The molecular weight excluding hydrogens is 226 g/mol. The Morgan fingerprint density at radius 3 is 2.88 bits per heavy atom. The lowest BCUT2D eigenvalue weighted by atomic mass is 10.2. The molecule has 96 valence electrons. The van der Waals surface area contributed by atoms with Gasteiger partial charge in [-0.25, -0.2) is 0 Å². The van der Waals surface area contributed by atoms with Gasteiger partial charge in [-0.05, 0) is 25.5 Å². The van der Waals surface area contributed by atoms with E-state index in [-0.39, 0.29) is 0 Å². The molecule has 1 aromatic rings. The molecule has 0 amide bonds. The molecule has 0 aliphatic heterocycles. The lowest BCUT2D eigenvalue weighted by Gasteiger charge is -2.12.